The first-order valence-corrected chi connectivity index (χ1v) is 5.43. The van der Waals surface area contributed by atoms with Gasteiger partial charge in [-0.25, -0.2) is 0 Å². The lowest BCUT2D eigenvalue weighted by molar-refractivity contribution is 0.855. The van der Waals surface area contributed by atoms with Gasteiger partial charge in [-0.05, 0) is 17.7 Å². The van der Waals surface area contributed by atoms with Gasteiger partial charge < -0.3 is 5.73 Å². The fourth-order valence-electron chi connectivity index (χ4n) is 0.955. The van der Waals surface area contributed by atoms with Gasteiger partial charge in [0.25, 0.3) is 0 Å². The van der Waals surface area contributed by atoms with E-state index in [4.69, 9.17) is 5.73 Å². The van der Waals surface area contributed by atoms with E-state index in [0.29, 0.717) is 18.3 Å². The summed E-state index contributed by atoms with van der Waals surface area (Å²) in [5.41, 5.74) is 6.91. The predicted molar refractivity (Wildman–Crippen MR) is 64.3 cm³/mol. The summed E-state index contributed by atoms with van der Waals surface area (Å²) in [6.45, 7) is 4.75. The van der Waals surface area contributed by atoms with Crippen molar-refractivity contribution >= 4 is 21.8 Å². The molecule has 1 rings (SSSR count). The molecule has 0 atom stereocenters. The molecular formula is C11H15BrN2. The van der Waals surface area contributed by atoms with Crippen LogP contribution in [0.5, 0.6) is 0 Å². The molecule has 0 aliphatic carbocycles. The Morgan fingerprint density at radius 3 is 2.43 bits per heavy atom. The molecule has 0 amide bonds. The van der Waals surface area contributed by atoms with E-state index in [9.17, 15) is 0 Å². The molecule has 1 aromatic rings. The maximum Gasteiger partial charge on any atom is 0.0966 e. The van der Waals surface area contributed by atoms with Gasteiger partial charge in [0, 0.05) is 10.4 Å². The van der Waals surface area contributed by atoms with Gasteiger partial charge in [-0.1, -0.05) is 41.9 Å². The molecular weight excluding hydrogens is 240 g/mol. The smallest absolute Gasteiger partial charge is 0.0966 e. The van der Waals surface area contributed by atoms with Gasteiger partial charge in [0.05, 0.1) is 12.4 Å². The van der Waals surface area contributed by atoms with Crippen LogP contribution in [-0.4, -0.2) is 5.84 Å². The molecule has 2 N–H and O–H groups in total. The average Bonchev–Trinajstić information content (AvgIpc) is 2.16. The summed E-state index contributed by atoms with van der Waals surface area (Å²) in [6.07, 6.45) is 0. The third kappa shape index (κ3) is 3.50. The van der Waals surface area contributed by atoms with E-state index in [1.807, 2.05) is 38.1 Å². The van der Waals surface area contributed by atoms with Crippen molar-refractivity contribution in [3.63, 3.8) is 0 Å². The number of amidine groups is 1. The van der Waals surface area contributed by atoms with E-state index >= 15 is 0 Å². The molecule has 0 spiro atoms. The molecule has 0 aliphatic rings. The van der Waals surface area contributed by atoms with E-state index in [0.717, 1.165) is 4.47 Å². The molecule has 0 radical (unpaired) electrons. The largest absolute Gasteiger partial charge is 0.387 e. The molecule has 0 bridgehead atoms. The quantitative estimate of drug-likeness (QED) is 0.654. The monoisotopic (exact) mass is 254 g/mol. The second-order valence-electron chi connectivity index (χ2n) is 3.52. The van der Waals surface area contributed by atoms with E-state index < -0.39 is 0 Å². The topological polar surface area (TPSA) is 38.4 Å². The number of nitrogens with two attached hydrogens (primary N) is 1. The zero-order valence-corrected chi connectivity index (χ0v) is 10.1. The fraction of sp³-hybridized carbons (Fsp3) is 0.364. The van der Waals surface area contributed by atoms with Crippen LogP contribution in [0, 0.1) is 5.92 Å². The summed E-state index contributed by atoms with van der Waals surface area (Å²) in [4.78, 5) is 4.30. The summed E-state index contributed by atoms with van der Waals surface area (Å²) in [5.74, 6) is 1.04. The summed E-state index contributed by atoms with van der Waals surface area (Å²) >= 11 is 3.39. The van der Waals surface area contributed by atoms with Gasteiger partial charge in [0.2, 0.25) is 0 Å². The maximum atomic E-state index is 5.73. The van der Waals surface area contributed by atoms with Crippen molar-refractivity contribution in [1.82, 2.24) is 0 Å². The van der Waals surface area contributed by atoms with Crippen LogP contribution in [0.25, 0.3) is 0 Å². The van der Waals surface area contributed by atoms with Crippen molar-refractivity contribution in [2.24, 2.45) is 16.6 Å². The molecule has 0 fully saturated rings. The molecule has 0 aliphatic heterocycles. The summed E-state index contributed by atoms with van der Waals surface area (Å²) in [6, 6.07) is 8.11. The molecule has 14 heavy (non-hydrogen) atoms. The van der Waals surface area contributed by atoms with Gasteiger partial charge >= 0.3 is 0 Å². The molecule has 0 heterocycles. The highest BCUT2D eigenvalue weighted by Crippen LogP contribution is 2.11. The first-order valence-electron chi connectivity index (χ1n) is 4.64. The van der Waals surface area contributed by atoms with E-state index in [2.05, 4.69) is 20.9 Å². The fourth-order valence-corrected chi connectivity index (χ4v) is 1.22. The van der Waals surface area contributed by atoms with Gasteiger partial charge in [-0.3, -0.25) is 4.99 Å². The molecule has 0 unspecified atom stereocenters. The van der Waals surface area contributed by atoms with Crippen LogP contribution in [0.2, 0.25) is 0 Å². The Bertz CT molecular complexity index is 315. The summed E-state index contributed by atoms with van der Waals surface area (Å²) in [5, 5.41) is 0. The van der Waals surface area contributed by atoms with Crippen LogP contribution in [0.4, 0.5) is 0 Å². The van der Waals surface area contributed by atoms with Crippen LogP contribution < -0.4 is 5.73 Å². The van der Waals surface area contributed by atoms with Crippen molar-refractivity contribution in [3.8, 4) is 0 Å². The Hall–Kier alpha value is -0.830. The Morgan fingerprint density at radius 2 is 1.93 bits per heavy atom. The number of hydrogen-bond donors (Lipinski definition) is 1. The average molecular weight is 255 g/mol. The van der Waals surface area contributed by atoms with Gasteiger partial charge in [-0.15, -0.1) is 0 Å². The highest BCUT2D eigenvalue weighted by Gasteiger charge is 1.98. The lowest BCUT2D eigenvalue weighted by Gasteiger charge is -2.03. The third-order valence-corrected chi connectivity index (χ3v) is 2.48. The van der Waals surface area contributed by atoms with Gasteiger partial charge in [0.15, 0.2) is 0 Å². The number of benzene rings is 1. The van der Waals surface area contributed by atoms with Crippen molar-refractivity contribution in [2.75, 3.05) is 0 Å². The van der Waals surface area contributed by atoms with E-state index in [1.165, 1.54) is 5.56 Å². The molecule has 1 aromatic carbocycles. The standard InChI is InChI=1S/C11H15BrN2/c1-8(2)11(13)14-7-9-3-5-10(12)6-4-9/h3-6,8H,7H2,1-2H3,(H2,13,14). The molecule has 2 nitrogen and oxygen atoms in total. The zero-order valence-electron chi connectivity index (χ0n) is 8.50. The predicted octanol–water partition coefficient (Wildman–Crippen LogP) is 2.96. The minimum Gasteiger partial charge on any atom is -0.387 e. The molecule has 0 saturated carbocycles. The Morgan fingerprint density at radius 1 is 1.36 bits per heavy atom. The highest BCUT2D eigenvalue weighted by atomic mass is 79.9. The van der Waals surface area contributed by atoms with E-state index in [-0.39, 0.29) is 0 Å². The minimum absolute atomic E-state index is 0.324. The van der Waals surface area contributed by atoms with Crippen LogP contribution in [-0.2, 0) is 6.54 Å². The number of rotatable bonds is 3. The van der Waals surface area contributed by atoms with Crippen LogP contribution in [0.1, 0.15) is 19.4 Å². The first kappa shape index (κ1) is 11.2. The Balaban J connectivity index is 2.62. The van der Waals surface area contributed by atoms with Crippen LogP contribution >= 0.6 is 15.9 Å². The van der Waals surface area contributed by atoms with Gasteiger partial charge in [-0.2, -0.15) is 0 Å². The second-order valence-corrected chi connectivity index (χ2v) is 4.44. The number of halogens is 1. The number of hydrogen-bond acceptors (Lipinski definition) is 1. The number of nitrogens with zero attached hydrogens (tertiary/aromatic N) is 1. The van der Waals surface area contributed by atoms with Gasteiger partial charge in [0.1, 0.15) is 0 Å². The third-order valence-electron chi connectivity index (χ3n) is 1.95. The van der Waals surface area contributed by atoms with E-state index in [1.54, 1.807) is 0 Å². The van der Waals surface area contributed by atoms with Crippen LogP contribution in [0.3, 0.4) is 0 Å². The second kappa shape index (κ2) is 5.15. The minimum atomic E-state index is 0.324. The Labute approximate surface area is 93.4 Å². The molecule has 0 aromatic heterocycles. The molecule has 0 saturated heterocycles. The highest BCUT2D eigenvalue weighted by molar-refractivity contribution is 9.10. The maximum absolute atomic E-state index is 5.73. The van der Waals surface area contributed by atoms with Crippen molar-refractivity contribution in [1.29, 1.82) is 0 Å². The summed E-state index contributed by atoms with van der Waals surface area (Å²) in [7, 11) is 0. The summed E-state index contributed by atoms with van der Waals surface area (Å²) < 4.78 is 1.09. The first-order chi connectivity index (χ1) is 6.59. The van der Waals surface area contributed by atoms with Crippen LogP contribution in [0.15, 0.2) is 33.7 Å². The lowest BCUT2D eigenvalue weighted by atomic mass is 10.2. The zero-order chi connectivity index (χ0) is 10.6. The normalized spacial score (nSPS) is 12.1. The molecule has 76 valence electrons. The Kier molecular flexibility index (Phi) is 4.14. The number of aliphatic imine (C=N–C) groups is 1. The van der Waals surface area contributed by atoms with Crippen molar-refractivity contribution in [2.45, 2.75) is 20.4 Å². The van der Waals surface area contributed by atoms with Crippen molar-refractivity contribution in [3.05, 3.63) is 34.3 Å². The van der Waals surface area contributed by atoms with Crippen molar-refractivity contribution < 1.29 is 0 Å². The lowest BCUT2D eigenvalue weighted by Crippen LogP contribution is -2.18. The SMILES string of the molecule is CC(C)C(N)=NCc1ccc(Br)cc1. The molecule has 3 heteroatoms.